The lowest BCUT2D eigenvalue weighted by Gasteiger charge is -2.09. The number of methoxy groups -OCH3 is 1. The number of aryl methyl sites for hydroxylation is 1. The van der Waals surface area contributed by atoms with Crippen LogP contribution < -0.4 is 15.5 Å². The quantitative estimate of drug-likeness (QED) is 0.462. The van der Waals surface area contributed by atoms with Gasteiger partial charge >= 0.3 is 0 Å². The number of carbonyl (C=O) groups excluding carboxylic acids is 1. The number of rotatable bonds is 4. The first-order valence-corrected chi connectivity index (χ1v) is 9.62. The van der Waals surface area contributed by atoms with Crippen LogP contribution in [-0.2, 0) is 0 Å². The molecule has 4 aromatic rings. The van der Waals surface area contributed by atoms with E-state index in [0.29, 0.717) is 44.3 Å². The molecule has 0 aliphatic carbocycles. The number of halogens is 1. The average molecular weight is 420 g/mol. The molecule has 0 aliphatic rings. The number of ether oxygens (including phenoxy) is 1. The maximum Gasteiger partial charge on any atom is 0.255 e. The third kappa shape index (κ3) is 3.93. The number of benzene rings is 3. The van der Waals surface area contributed by atoms with E-state index in [1.54, 1.807) is 48.5 Å². The molecule has 1 heterocycles. The summed E-state index contributed by atoms with van der Waals surface area (Å²) < 4.78 is 11.0. The van der Waals surface area contributed by atoms with Gasteiger partial charge in [0.1, 0.15) is 17.1 Å². The summed E-state index contributed by atoms with van der Waals surface area (Å²) in [4.78, 5) is 25.0. The SMILES string of the molecule is COc1ccc(NC(=O)c2ccc(-c3cc(=O)c4cc(C)ccc4o3)cc2)cc1Cl. The van der Waals surface area contributed by atoms with Crippen LogP contribution in [-0.4, -0.2) is 13.0 Å². The van der Waals surface area contributed by atoms with Crippen LogP contribution in [0, 0.1) is 6.92 Å². The minimum absolute atomic E-state index is 0.104. The van der Waals surface area contributed by atoms with Gasteiger partial charge in [-0.15, -0.1) is 0 Å². The summed E-state index contributed by atoms with van der Waals surface area (Å²) in [5, 5.41) is 3.75. The van der Waals surface area contributed by atoms with Crippen LogP contribution in [0.15, 0.2) is 75.9 Å². The lowest BCUT2D eigenvalue weighted by molar-refractivity contribution is 0.102. The van der Waals surface area contributed by atoms with E-state index in [4.69, 9.17) is 20.8 Å². The molecule has 0 spiro atoms. The largest absolute Gasteiger partial charge is 0.495 e. The highest BCUT2D eigenvalue weighted by molar-refractivity contribution is 6.32. The van der Waals surface area contributed by atoms with Gasteiger partial charge in [-0.25, -0.2) is 0 Å². The van der Waals surface area contributed by atoms with Crippen molar-refractivity contribution in [3.8, 4) is 17.1 Å². The monoisotopic (exact) mass is 419 g/mol. The fraction of sp³-hybridized carbons (Fsp3) is 0.0833. The van der Waals surface area contributed by atoms with Gasteiger partial charge in [-0.1, -0.05) is 35.4 Å². The first kappa shape index (κ1) is 19.7. The molecule has 30 heavy (non-hydrogen) atoms. The fourth-order valence-corrected chi connectivity index (χ4v) is 3.40. The van der Waals surface area contributed by atoms with E-state index >= 15 is 0 Å². The summed E-state index contributed by atoms with van der Waals surface area (Å²) in [5.41, 5.74) is 3.15. The summed E-state index contributed by atoms with van der Waals surface area (Å²) in [6.07, 6.45) is 0. The van der Waals surface area contributed by atoms with Gasteiger partial charge in [-0.05, 0) is 49.4 Å². The van der Waals surface area contributed by atoms with Crippen molar-refractivity contribution in [2.75, 3.05) is 12.4 Å². The third-order valence-electron chi connectivity index (χ3n) is 4.72. The van der Waals surface area contributed by atoms with Gasteiger partial charge < -0.3 is 14.5 Å². The van der Waals surface area contributed by atoms with E-state index in [2.05, 4.69) is 5.32 Å². The minimum atomic E-state index is -0.279. The first-order chi connectivity index (χ1) is 14.4. The predicted molar refractivity (Wildman–Crippen MR) is 119 cm³/mol. The summed E-state index contributed by atoms with van der Waals surface area (Å²) in [7, 11) is 1.53. The van der Waals surface area contributed by atoms with Crippen LogP contribution >= 0.6 is 11.6 Å². The summed E-state index contributed by atoms with van der Waals surface area (Å²) >= 11 is 6.10. The maximum absolute atomic E-state index is 12.5. The van der Waals surface area contributed by atoms with Crippen LogP contribution in [0.25, 0.3) is 22.3 Å². The number of fused-ring (bicyclic) bond motifs is 1. The molecule has 1 N–H and O–H groups in total. The Balaban J connectivity index is 1.57. The number of amides is 1. The molecule has 1 aromatic heterocycles. The minimum Gasteiger partial charge on any atom is -0.495 e. The molecule has 150 valence electrons. The van der Waals surface area contributed by atoms with Crippen molar-refractivity contribution in [1.29, 1.82) is 0 Å². The predicted octanol–water partition coefficient (Wildman–Crippen LogP) is 5.68. The lowest BCUT2D eigenvalue weighted by atomic mass is 10.1. The van der Waals surface area contributed by atoms with Gasteiger partial charge in [0, 0.05) is 22.9 Å². The zero-order valence-corrected chi connectivity index (χ0v) is 17.1. The number of hydrogen-bond donors (Lipinski definition) is 1. The Morgan fingerprint density at radius 1 is 1.00 bits per heavy atom. The average Bonchev–Trinajstić information content (AvgIpc) is 2.74. The van der Waals surface area contributed by atoms with Gasteiger partial charge in [-0.2, -0.15) is 0 Å². The highest BCUT2D eigenvalue weighted by atomic mass is 35.5. The van der Waals surface area contributed by atoms with Crippen molar-refractivity contribution in [1.82, 2.24) is 0 Å². The zero-order chi connectivity index (χ0) is 21.3. The first-order valence-electron chi connectivity index (χ1n) is 9.24. The third-order valence-corrected chi connectivity index (χ3v) is 5.02. The van der Waals surface area contributed by atoms with E-state index in [-0.39, 0.29) is 11.3 Å². The van der Waals surface area contributed by atoms with Crippen LogP contribution in [0.5, 0.6) is 5.75 Å². The number of carbonyl (C=O) groups is 1. The van der Waals surface area contributed by atoms with Crippen molar-refractivity contribution in [3.63, 3.8) is 0 Å². The van der Waals surface area contributed by atoms with E-state index in [1.807, 2.05) is 19.1 Å². The van der Waals surface area contributed by atoms with Gasteiger partial charge in [0.05, 0.1) is 17.5 Å². The molecule has 0 saturated carbocycles. The van der Waals surface area contributed by atoms with Crippen LogP contribution in [0.2, 0.25) is 5.02 Å². The van der Waals surface area contributed by atoms with Crippen LogP contribution in [0.3, 0.4) is 0 Å². The fourth-order valence-electron chi connectivity index (χ4n) is 3.15. The summed E-state index contributed by atoms with van der Waals surface area (Å²) in [6.45, 7) is 1.93. The molecule has 5 nitrogen and oxygen atoms in total. The van der Waals surface area contributed by atoms with Crippen LogP contribution in [0.4, 0.5) is 5.69 Å². The van der Waals surface area contributed by atoms with E-state index in [0.717, 1.165) is 5.56 Å². The number of hydrogen-bond acceptors (Lipinski definition) is 4. The van der Waals surface area contributed by atoms with Gasteiger partial charge in [0.25, 0.3) is 5.91 Å². The molecule has 0 atom stereocenters. The van der Waals surface area contributed by atoms with Gasteiger partial charge in [0.15, 0.2) is 5.43 Å². The van der Waals surface area contributed by atoms with Crippen LogP contribution in [0.1, 0.15) is 15.9 Å². The molecule has 6 heteroatoms. The zero-order valence-electron chi connectivity index (χ0n) is 16.4. The molecule has 0 bridgehead atoms. The lowest BCUT2D eigenvalue weighted by Crippen LogP contribution is -2.11. The molecule has 1 amide bonds. The normalized spacial score (nSPS) is 10.8. The Morgan fingerprint density at radius 3 is 2.47 bits per heavy atom. The second-order valence-electron chi connectivity index (χ2n) is 6.86. The smallest absolute Gasteiger partial charge is 0.255 e. The maximum atomic E-state index is 12.5. The molecular formula is C24H18ClNO4. The number of nitrogens with one attached hydrogen (secondary N) is 1. The molecule has 4 rings (SSSR count). The molecule has 0 radical (unpaired) electrons. The van der Waals surface area contributed by atoms with Crippen molar-refractivity contribution >= 4 is 34.2 Å². The van der Waals surface area contributed by atoms with E-state index in [1.165, 1.54) is 13.2 Å². The Hall–Kier alpha value is -3.57. The summed E-state index contributed by atoms with van der Waals surface area (Å²) in [6, 6.07) is 18.8. The Labute approximate surface area is 177 Å². The second kappa shape index (κ2) is 8.05. The van der Waals surface area contributed by atoms with Gasteiger partial charge in [-0.3, -0.25) is 9.59 Å². The molecule has 0 unspecified atom stereocenters. The molecule has 0 fully saturated rings. The van der Waals surface area contributed by atoms with Crippen molar-refractivity contribution in [2.45, 2.75) is 6.92 Å². The Morgan fingerprint density at radius 2 is 1.77 bits per heavy atom. The van der Waals surface area contributed by atoms with Gasteiger partial charge in [0.2, 0.25) is 0 Å². The standard InChI is InChI=1S/C24H18ClNO4/c1-14-3-9-21-18(11-14)20(27)13-23(30-21)15-4-6-16(7-5-15)24(28)26-17-8-10-22(29-2)19(25)12-17/h3-13H,1-2H3,(H,26,28). The van der Waals surface area contributed by atoms with Crippen molar-refractivity contribution in [3.05, 3.63) is 93.1 Å². The highest BCUT2D eigenvalue weighted by Crippen LogP contribution is 2.28. The number of anilines is 1. The Bertz CT molecular complexity index is 1310. The highest BCUT2D eigenvalue weighted by Gasteiger charge is 2.11. The molecule has 0 aliphatic heterocycles. The van der Waals surface area contributed by atoms with Crippen molar-refractivity contribution < 1.29 is 13.9 Å². The second-order valence-corrected chi connectivity index (χ2v) is 7.26. The topological polar surface area (TPSA) is 68.5 Å². The van der Waals surface area contributed by atoms with Crippen molar-refractivity contribution in [2.24, 2.45) is 0 Å². The van der Waals surface area contributed by atoms with E-state index in [9.17, 15) is 9.59 Å². The summed E-state index contributed by atoms with van der Waals surface area (Å²) in [5.74, 6) is 0.703. The Kier molecular flexibility index (Phi) is 5.29. The molecule has 0 saturated heterocycles. The molecule has 3 aromatic carbocycles. The molecular weight excluding hydrogens is 402 g/mol. The van der Waals surface area contributed by atoms with E-state index < -0.39 is 0 Å².